The van der Waals surface area contributed by atoms with E-state index in [1.165, 1.54) is 18.6 Å². The van der Waals surface area contributed by atoms with Gasteiger partial charge in [-0.3, -0.25) is 25.8 Å². The summed E-state index contributed by atoms with van der Waals surface area (Å²) < 4.78 is 6.04. The summed E-state index contributed by atoms with van der Waals surface area (Å²) in [5.41, 5.74) is 5.40. The lowest BCUT2D eigenvalue weighted by atomic mass is 9.66. The van der Waals surface area contributed by atoms with Gasteiger partial charge in [-0.15, -0.1) is 0 Å². The minimum absolute atomic E-state index is 0.0148. The smallest absolute Gasteiger partial charge is 0.271 e. The van der Waals surface area contributed by atoms with Crippen LogP contribution in [0.3, 0.4) is 0 Å². The van der Waals surface area contributed by atoms with E-state index in [0.29, 0.717) is 18.2 Å². The summed E-state index contributed by atoms with van der Waals surface area (Å²) in [6.07, 6.45) is 2.95. The van der Waals surface area contributed by atoms with Crippen molar-refractivity contribution in [2.45, 2.75) is 38.7 Å². The maximum atomic E-state index is 12.9. The molecule has 2 N–H and O–H groups in total. The molecule has 4 bridgehead atoms. The molecule has 2 aliphatic carbocycles. The number of non-ortho nitro benzene ring substituents is 1. The first kappa shape index (κ1) is 15.4. The zero-order valence-corrected chi connectivity index (χ0v) is 13.8. The second kappa shape index (κ2) is 4.69. The van der Waals surface area contributed by atoms with Crippen LogP contribution in [0.25, 0.3) is 0 Å². The number of nitrogens with zero attached hydrogens (tertiary/aromatic N) is 1. The first-order valence-corrected chi connectivity index (χ1v) is 8.27. The van der Waals surface area contributed by atoms with E-state index in [2.05, 4.69) is 24.7 Å². The molecule has 1 aromatic rings. The molecule has 4 rings (SSSR count). The van der Waals surface area contributed by atoms with Crippen molar-refractivity contribution in [3.05, 3.63) is 34.4 Å². The summed E-state index contributed by atoms with van der Waals surface area (Å²) in [6, 6.07) is 5.93. The highest BCUT2D eigenvalue weighted by Crippen LogP contribution is 2.74. The second-order valence-electron chi connectivity index (χ2n) is 7.69. The predicted octanol–water partition coefficient (Wildman–Crippen LogP) is 2.63. The van der Waals surface area contributed by atoms with Crippen LogP contribution in [0.15, 0.2) is 24.3 Å². The van der Waals surface area contributed by atoms with Crippen LogP contribution < -0.4 is 10.9 Å². The van der Waals surface area contributed by atoms with Crippen LogP contribution in [0.5, 0.6) is 0 Å². The van der Waals surface area contributed by atoms with Gasteiger partial charge in [-0.2, -0.15) is 0 Å². The molecular weight excluding hydrogens is 310 g/mol. The highest BCUT2D eigenvalue weighted by molar-refractivity contribution is 5.89. The van der Waals surface area contributed by atoms with Gasteiger partial charge in [-0.05, 0) is 37.3 Å². The van der Waals surface area contributed by atoms with Crippen LogP contribution in [-0.4, -0.2) is 23.0 Å². The summed E-state index contributed by atoms with van der Waals surface area (Å²) in [6.45, 7) is 5.06. The Morgan fingerprint density at radius 2 is 2.04 bits per heavy atom. The molecule has 0 spiro atoms. The van der Waals surface area contributed by atoms with Crippen LogP contribution in [-0.2, 0) is 9.53 Å². The van der Waals surface area contributed by atoms with E-state index in [-0.39, 0.29) is 22.4 Å². The maximum Gasteiger partial charge on any atom is 0.271 e. The molecule has 7 heteroatoms. The zero-order chi connectivity index (χ0) is 17.2. The molecule has 4 atom stereocenters. The van der Waals surface area contributed by atoms with E-state index >= 15 is 0 Å². The number of nitrogens with one attached hydrogen (secondary N) is 2. The molecule has 0 unspecified atom stereocenters. The molecule has 1 aromatic carbocycles. The molecule has 0 radical (unpaired) electrons. The van der Waals surface area contributed by atoms with E-state index in [0.717, 1.165) is 12.8 Å². The number of hydrogen-bond acceptors (Lipinski definition) is 5. The number of benzene rings is 1. The zero-order valence-electron chi connectivity index (χ0n) is 13.8. The van der Waals surface area contributed by atoms with Gasteiger partial charge in [-0.25, -0.2) is 0 Å². The number of amides is 1. The molecule has 2 saturated carbocycles. The third kappa shape index (κ3) is 1.68. The summed E-state index contributed by atoms with van der Waals surface area (Å²) in [5.74, 6) is 0.399. The highest BCUT2D eigenvalue weighted by atomic mass is 16.6. The van der Waals surface area contributed by atoms with E-state index < -0.39 is 10.5 Å². The summed E-state index contributed by atoms with van der Waals surface area (Å²) in [4.78, 5) is 23.1. The van der Waals surface area contributed by atoms with Gasteiger partial charge in [0, 0.05) is 23.0 Å². The number of carbonyl (C=O) groups is 1. The van der Waals surface area contributed by atoms with Gasteiger partial charge in [-0.1, -0.05) is 13.8 Å². The average molecular weight is 331 g/mol. The van der Waals surface area contributed by atoms with Gasteiger partial charge in [0.1, 0.15) is 0 Å². The van der Waals surface area contributed by atoms with Crippen molar-refractivity contribution in [1.82, 2.24) is 5.43 Å². The quantitative estimate of drug-likeness (QED) is 0.653. The fourth-order valence-corrected chi connectivity index (χ4v) is 5.15. The van der Waals surface area contributed by atoms with E-state index in [9.17, 15) is 14.9 Å². The number of nitro groups is 1. The third-order valence-electron chi connectivity index (χ3n) is 6.96. The Hall–Kier alpha value is -2.15. The molecular formula is C17H21N3O4. The lowest BCUT2D eigenvalue weighted by Crippen LogP contribution is -2.56. The molecule has 128 valence electrons. The summed E-state index contributed by atoms with van der Waals surface area (Å²) in [7, 11) is 0. The Labute approximate surface area is 139 Å². The molecule has 3 fully saturated rings. The summed E-state index contributed by atoms with van der Waals surface area (Å²) >= 11 is 0. The number of anilines is 1. The summed E-state index contributed by atoms with van der Waals surface area (Å²) in [5, 5.41) is 10.7. The first-order valence-electron chi connectivity index (χ1n) is 8.27. The Bertz CT molecular complexity index is 721. The molecule has 3 aliphatic rings. The van der Waals surface area contributed by atoms with E-state index in [1.54, 1.807) is 12.1 Å². The number of nitro benzene ring substituents is 1. The Morgan fingerprint density at radius 1 is 1.33 bits per heavy atom. The van der Waals surface area contributed by atoms with Crippen LogP contribution >= 0.6 is 0 Å². The topological polar surface area (TPSA) is 93.5 Å². The maximum absolute atomic E-state index is 12.9. The molecule has 24 heavy (non-hydrogen) atoms. The van der Waals surface area contributed by atoms with Crippen LogP contribution in [0.2, 0.25) is 0 Å². The fourth-order valence-electron chi connectivity index (χ4n) is 5.15. The van der Waals surface area contributed by atoms with Crippen molar-refractivity contribution in [2.24, 2.45) is 16.7 Å². The first-order chi connectivity index (χ1) is 11.3. The van der Waals surface area contributed by atoms with Gasteiger partial charge in [0.25, 0.3) is 11.6 Å². The Balaban J connectivity index is 1.49. The molecule has 1 aliphatic heterocycles. The van der Waals surface area contributed by atoms with Crippen LogP contribution in [0.4, 0.5) is 11.4 Å². The third-order valence-corrected chi connectivity index (χ3v) is 6.96. The molecule has 0 aromatic heterocycles. The van der Waals surface area contributed by atoms with Crippen molar-refractivity contribution < 1.29 is 14.5 Å². The Kier molecular flexibility index (Phi) is 3.01. The fraction of sp³-hybridized carbons (Fsp3) is 0.588. The molecule has 7 nitrogen and oxygen atoms in total. The predicted molar refractivity (Wildman–Crippen MR) is 87.1 cm³/mol. The van der Waals surface area contributed by atoms with Gasteiger partial charge < -0.3 is 4.74 Å². The number of ether oxygens (including phenoxy) is 1. The molecule has 1 saturated heterocycles. The van der Waals surface area contributed by atoms with Crippen molar-refractivity contribution in [1.29, 1.82) is 0 Å². The molecule has 1 heterocycles. The van der Waals surface area contributed by atoms with Gasteiger partial charge in [0.2, 0.25) is 0 Å². The lowest BCUT2D eigenvalue weighted by Gasteiger charge is -2.39. The normalized spacial score (nSPS) is 39.0. The Morgan fingerprint density at radius 3 is 2.62 bits per heavy atom. The second-order valence-corrected chi connectivity index (χ2v) is 7.69. The number of hydrogen-bond donors (Lipinski definition) is 2. The molecule has 1 amide bonds. The van der Waals surface area contributed by atoms with Crippen molar-refractivity contribution in [3.8, 4) is 0 Å². The van der Waals surface area contributed by atoms with Crippen molar-refractivity contribution in [3.63, 3.8) is 0 Å². The van der Waals surface area contributed by atoms with Crippen molar-refractivity contribution >= 4 is 17.3 Å². The van der Waals surface area contributed by atoms with Crippen molar-refractivity contribution in [2.75, 3.05) is 12.0 Å². The number of carbonyl (C=O) groups excluding carboxylic acids is 1. The van der Waals surface area contributed by atoms with E-state index in [4.69, 9.17) is 4.74 Å². The van der Waals surface area contributed by atoms with Gasteiger partial charge in [0.05, 0.1) is 17.2 Å². The average Bonchev–Trinajstić information content (AvgIpc) is 3.04. The standard InChI is InChI=1S/C17H21N3O4/c1-15-10-24-17(9-11(15)7-8-16(15,17)2)14(21)19-18-12-3-5-13(6-4-12)20(22)23/h3-6,11,18H,7-10H2,1-2H3,(H,19,21)/t11-,15+,16+,17-/m1/s1. The number of rotatable bonds is 4. The minimum Gasteiger partial charge on any atom is -0.364 e. The van der Waals surface area contributed by atoms with E-state index in [1.807, 2.05) is 0 Å². The monoisotopic (exact) mass is 331 g/mol. The number of hydrazine groups is 1. The highest BCUT2D eigenvalue weighted by Gasteiger charge is 2.78. The van der Waals surface area contributed by atoms with Gasteiger partial charge in [0.15, 0.2) is 5.60 Å². The largest absolute Gasteiger partial charge is 0.364 e. The van der Waals surface area contributed by atoms with Crippen LogP contribution in [0.1, 0.15) is 33.1 Å². The lowest BCUT2D eigenvalue weighted by molar-refractivity contribution is -0.384. The SMILES string of the molecule is C[C@@]12CC[C@@H]3C[C@]1(C(=O)NNc1ccc([N+](=O)[O-])cc1)OC[C@@]32C. The van der Waals surface area contributed by atoms with Crippen LogP contribution in [0, 0.1) is 26.9 Å². The minimum atomic E-state index is -0.765. The van der Waals surface area contributed by atoms with Gasteiger partial charge >= 0.3 is 0 Å².